The number of benzene rings is 8. The third-order valence-corrected chi connectivity index (χ3v) is 25.4. The Bertz CT molecular complexity index is 5230. The number of hydrogen-bond donors (Lipinski definition) is 0. The van der Waals surface area contributed by atoms with Crippen LogP contribution in [0, 0.1) is 60.7 Å². The van der Waals surface area contributed by atoms with Gasteiger partial charge in [0.15, 0.2) is 12.6 Å². The van der Waals surface area contributed by atoms with E-state index >= 15 is 0 Å². The molecule has 6 aliphatic rings. The Balaban J connectivity index is 0.000000229. The summed E-state index contributed by atoms with van der Waals surface area (Å²) in [6.07, 6.45) is 31.6. The van der Waals surface area contributed by atoms with E-state index in [0.717, 1.165) is 132 Å². The van der Waals surface area contributed by atoms with Gasteiger partial charge in [-0.2, -0.15) is 8.42 Å². The minimum Gasteiger partial charge on any atom is -0.465 e. The lowest BCUT2D eigenvalue weighted by molar-refractivity contribution is -0.148. The van der Waals surface area contributed by atoms with Crippen LogP contribution >= 0.6 is 0 Å². The Morgan fingerprint density at radius 3 is 1.03 bits per heavy atom. The van der Waals surface area contributed by atoms with E-state index in [4.69, 9.17) is 42.6 Å². The first-order chi connectivity index (χ1) is 67.1. The number of rotatable bonds is 24. The van der Waals surface area contributed by atoms with Gasteiger partial charge in [-0.1, -0.05) is 131 Å². The third-order valence-electron chi connectivity index (χ3n) is 24.8. The number of aryl methyl sites for hydroxylation is 2. The second kappa shape index (κ2) is 61.5. The molecule has 8 aromatic carbocycles. The molecule has 8 aromatic rings. The number of methoxy groups -OCH3 is 4. The monoisotopic (exact) mass is 1950 g/mol. The van der Waals surface area contributed by atoms with Crippen LogP contribution in [0.1, 0.15) is 319 Å². The summed E-state index contributed by atoms with van der Waals surface area (Å²) in [6, 6.07) is 56.4. The highest BCUT2D eigenvalue weighted by molar-refractivity contribution is 7.85. The van der Waals surface area contributed by atoms with Crippen molar-refractivity contribution < 1.29 is 117 Å². The molecule has 0 aromatic heterocycles. The maximum Gasteiger partial charge on any atom is 0.343 e. The van der Waals surface area contributed by atoms with Crippen molar-refractivity contribution in [3.63, 3.8) is 0 Å². The molecule has 140 heavy (non-hydrogen) atoms. The topological polar surface area (TPSA) is 317 Å². The molecule has 0 bridgehead atoms. The van der Waals surface area contributed by atoms with Gasteiger partial charge in [-0.05, 0) is 337 Å². The molecule has 2 unspecified atom stereocenters. The molecule has 0 radical (unpaired) electrons. The van der Waals surface area contributed by atoms with Crippen molar-refractivity contribution in [3.8, 4) is 46.3 Å². The van der Waals surface area contributed by atoms with E-state index in [-0.39, 0.29) is 59.9 Å². The van der Waals surface area contributed by atoms with Gasteiger partial charge in [-0.25, -0.2) is 28.8 Å². The largest absolute Gasteiger partial charge is 0.465 e. The smallest absolute Gasteiger partial charge is 0.343 e. The Labute approximate surface area is 829 Å². The van der Waals surface area contributed by atoms with Gasteiger partial charge in [-0.15, -0.1) is 5.92 Å². The number of carbonyl (C=O) groups is 9. The summed E-state index contributed by atoms with van der Waals surface area (Å²) in [4.78, 5) is 104. The van der Waals surface area contributed by atoms with Gasteiger partial charge in [0.1, 0.15) is 40.6 Å². The molecule has 6 fully saturated rings. The van der Waals surface area contributed by atoms with Crippen molar-refractivity contribution >= 4 is 63.8 Å². The molecular formula is C114H146O25S. The van der Waals surface area contributed by atoms with Crippen molar-refractivity contribution in [2.75, 3.05) is 55.0 Å². The van der Waals surface area contributed by atoms with Crippen molar-refractivity contribution in [3.05, 3.63) is 250 Å². The van der Waals surface area contributed by atoms with Crippen LogP contribution in [0.5, 0.6) is 34.5 Å². The first-order valence-corrected chi connectivity index (χ1v) is 50.7. The molecule has 2 heterocycles. The molecule has 2 atom stereocenters. The van der Waals surface area contributed by atoms with Crippen LogP contribution in [0.15, 0.2) is 194 Å². The van der Waals surface area contributed by atoms with E-state index in [2.05, 4.69) is 93.9 Å². The van der Waals surface area contributed by atoms with E-state index < -0.39 is 34.0 Å². The predicted octanol–water partition coefficient (Wildman–Crippen LogP) is 24.7. The number of carbonyl (C=O) groups excluding carboxylic acids is 9. The quantitative estimate of drug-likeness (QED) is 0.0135. The van der Waals surface area contributed by atoms with Gasteiger partial charge in [-0.3, -0.25) is 18.6 Å². The summed E-state index contributed by atoms with van der Waals surface area (Å²) < 4.78 is 90.9. The van der Waals surface area contributed by atoms with Gasteiger partial charge in [0.2, 0.25) is 0 Å². The molecular weight excluding hydrogens is 1800 g/mol. The lowest BCUT2D eigenvalue weighted by atomic mass is 9.68. The van der Waals surface area contributed by atoms with Gasteiger partial charge in [0.05, 0.1) is 94.3 Å². The minimum atomic E-state index is -3.16. The minimum absolute atomic E-state index is 0.0391. The summed E-state index contributed by atoms with van der Waals surface area (Å²) in [5.41, 5.74) is 7.86. The summed E-state index contributed by atoms with van der Waals surface area (Å²) >= 11 is 0. The summed E-state index contributed by atoms with van der Waals surface area (Å²) in [7, 11) is 3.32. The summed E-state index contributed by atoms with van der Waals surface area (Å²) in [6.45, 7) is 21.1. The van der Waals surface area contributed by atoms with Crippen LogP contribution in [-0.2, 0) is 61.8 Å². The van der Waals surface area contributed by atoms with Gasteiger partial charge in [0.25, 0.3) is 10.1 Å². The number of esters is 9. The number of ether oxygens (including phenoxy) is 13. The lowest BCUT2D eigenvalue weighted by Gasteiger charge is -2.37. The maximum atomic E-state index is 12.9. The van der Waals surface area contributed by atoms with E-state index in [0.29, 0.717) is 86.3 Å². The fraction of sp³-hybridized carbons (Fsp3) is 0.482. The van der Waals surface area contributed by atoms with Crippen LogP contribution in [0.2, 0.25) is 0 Å². The van der Waals surface area contributed by atoms with Crippen molar-refractivity contribution in [2.24, 2.45) is 35.0 Å². The highest BCUT2D eigenvalue weighted by Gasteiger charge is 2.35. The third kappa shape index (κ3) is 43.8. The second-order valence-electron chi connectivity index (χ2n) is 37.0. The highest BCUT2D eigenvalue weighted by atomic mass is 32.2. The van der Waals surface area contributed by atoms with Gasteiger partial charge >= 0.3 is 53.7 Å². The Hall–Kier alpha value is -12.0. The van der Waals surface area contributed by atoms with Gasteiger partial charge in [0, 0.05) is 32.1 Å². The SMILES string of the molecule is CC#CC(C)(C)C.CC(=O)Oc1ccc(C2CCC(C)CC2)cc1.CCCCCC1CCC(C2CCC(C(=O)Oc3ccc(C4CCC(OC(C)=O)CC4)cc3)CC2)CC1.COC(=O)c1ccc(C)cc1.COC(=O)c1ccc(OC(=O)c2ccc(C)cc2)cc1.COC(=O)c1ccc(OC(=O)c2ccc(OC3CCCCO3)cc2)cc1.COC(=O)c1ccc(OC2CCCCO2)cc1.COS(C)(=O)=O. The first-order valence-electron chi connectivity index (χ1n) is 48.9. The van der Waals surface area contributed by atoms with E-state index in [9.17, 15) is 51.6 Å². The average Bonchev–Trinajstić information content (AvgIpc) is 0.833. The van der Waals surface area contributed by atoms with Crippen molar-refractivity contribution in [1.82, 2.24) is 0 Å². The molecule has 2 saturated heterocycles. The number of unbranched alkanes of at least 4 members (excludes halogenated alkanes) is 2. The standard InChI is InChI=1S/C32H48O4.C20H20O6.C16H14O4.C15H20O2.C13H16O4.C9H10O2.C7H12.C2H6O3S/c1-3-4-5-6-24-7-9-25(10-8-24)26-11-13-29(14-12-26)32(34)36-31-21-17-28(18-22-31)27-15-19-30(20-16-27)35-23(2)33;1-23-19(21)14-5-11-17(12-6-14)26-20(22)15-7-9-16(10-8-15)25-18-4-2-3-13-24-18;1-11-3-5-13(6-4-11)16(18)20-14-9-7-12(8-10-14)15(17)19-2;1-11-3-5-13(6-4-11)14-7-9-15(10-8-14)17-12(2)16;1-15-13(14)10-5-7-11(8-6-10)17-12-4-2-3-9-16-12;1-7-3-5-8(6-4-7)9(10)11-2;1-5-6-7(2,3)4;1-5-6(2,3)4/h17-18,21-22,24-27,29-30H,3-16,19-20H2,1-2H3;5-12,18H,2-4,13H2,1H3;3-10H,1-2H3;7-11,13H,3-6H2,1-2H3;5-8,12H,2-4,9H2,1H3;3-6H,1-2H3;1-4H3;1-2H3. The zero-order valence-corrected chi connectivity index (χ0v) is 85.5. The summed E-state index contributed by atoms with van der Waals surface area (Å²) in [5, 5.41) is 0. The van der Waals surface area contributed by atoms with E-state index in [1.807, 2.05) is 69.3 Å². The van der Waals surface area contributed by atoms with Crippen LogP contribution in [0.3, 0.4) is 0 Å². The van der Waals surface area contributed by atoms with Crippen molar-refractivity contribution in [1.29, 1.82) is 0 Å². The van der Waals surface area contributed by atoms with Crippen LogP contribution < -0.4 is 28.4 Å². The molecule has 4 aliphatic carbocycles. The Morgan fingerprint density at radius 2 is 0.714 bits per heavy atom. The number of hydrogen-bond acceptors (Lipinski definition) is 25. The molecule has 14 rings (SSSR count). The van der Waals surface area contributed by atoms with Crippen molar-refractivity contribution in [2.45, 2.75) is 267 Å². The second-order valence-corrected chi connectivity index (χ2v) is 38.7. The molecule has 0 amide bonds. The van der Waals surface area contributed by atoms with Crippen LogP contribution in [0.25, 0.3) is 0 Å². The summed E-state index contributed by atoms with van der Waals surface area (Å²) in [5.74, 6) is 11.2. The molecule has 0 spiro atoms. The molecule has 25 nitrogen and oxygen atoms in total. The molecule has 2 aliphatic heterocycles. The van der Waals surface area contributed by atoms with E-state index in [1.54, 1.807) is 109 Å². The fourth-order valence-electron chi connectivity index (χ4n) is 16.9. The zero-order valence-electron chi connectivity index (χ0n) is 84.7. The Kier molecular flexibility index (Phi) is 50.5. The highest BCUT2D eigenvalue weighted by Crippen LogP contribution is 2.44. The molecule has 0 N–H and O–H groups in total. The molecule has 758 valence electrons. The predicted molar refractivity (Wildman–Crippen MR) is 539 cm³/mol. The molecule has 4 saturated carbocycles. The molecule has 26 heteroatoms. The average molecular weight is 1950 g/mol. The van der Waals surface area contributed by atoms with Gasteiger partial charge < -0.3 is 61.6 Å². The lowest BCUT2D eigenvalue weighted by Crippen LogP contribution is -2.30. The first kappa shape index (κ1) is 115. The maximum absolute atomic E-state index is 12.9. The zero-order chi connectivity index (χ0) is 102. The Morgan fingerprint density at radius 1 is 0.386 bits per heavy atom. The van der Waals surface area contributed by atoms with E-state index in [1.165, 1.54) is 155 Å². The van der Waals surface area contributed by atoms with Crippen LogP contribution in [0.4, 0.5) is 0 Å². The fourth-order valence-corrected chi connectivity index (χ4v) is 16.9. The van der Waals surface area contributed by atoms with Crippen LogP contribution in [-0.4, -0.2) is 136 Å². The normalized spacial score (nSPS) is 19.5.